The van der Waals surface area contributed by atoms with Crippen LogP contribution in [0.2, 0.25) is 0 Å². The maximum absolute atomic E-state index is 10.7. The molecule has 1 N–H and O–H groups in total. The Morgan fingerprint density at radius 3 is 2.50 bits per heavy atom. The predicted molar refractivity (Wildman–Crippen MR) is 40.8 cm³/mol. The lowest BCUT2D eigenvalue weighted by molar-refractivity contribution is -0.120. The van der Waals surface area contributed by atoms with Gasteiger partial charge >= 0.3 is 0 Å². The number of aliphatic hydroxyl groups excluding tert-OH is 1. The highest BCUT2D eigenvalue weighted by Gasteiger charge is 2.05. The third-order valence-corrected chi connectivity index (χ3v) is 1.74. The van der Waals surface area contributed by atoms with Gasteiger partial charge in [-0.1, -0.05) is 13.3 Å². The Labute approximate surface area is 62.2 Å². The Kier molecular flexibility index (Phi) is 5.22. The van der Waals surface area contributed by atoms with Gasteiger partial charge in [0.1, 0.15) is 5.78 Å². The molecule has 0 aliphatic rings. The molecule has 0 spiro atoms. The largest absolute Gasteiger partial charge is 0.396 e. The van der Waals surface area contributed by atoms with E-state index in [9.17, 15) is 4.79 Å². The molecule has 0 heterocycles. The second-order valence-electron chi connectivity index (χ2n) is 2.73. The molecule has 0 aliphatic carbocycles. The maximum atomic E-state index is 10.7. The molecular weight excluding hydrogens is 128 g/mol. The van der Waals surface area contributed by atoms with Gasteiger partial charge in [0.2, 0.25) is 0 Å². The van der Waals surface area contributed by atoms with Crippen LogP contribution in [0, 0.1) is 5.92 Å². The number of rotatable bonds is 5. The lowest BCUT2D eigenvalue weighted by Crippen LogP contribution is -2.05. The lowest BCUT2D eigenvalue weighted by Gasteiger charge is -2.04. The van der Waals surface area contributed by atoms with Crippen molar-refractivity contribution in [1.29, 1.82) is 0 Å². The van der Waals surface area contributed by atoms with Crippen molar-refractivity contribution in [3.63, 3.8) is 0 Å². The first-order chi connectivity index (χ1) is 4.68. The zero-order valence-electron chi connectivity index (χ0n) is 6.76. The van der Waals surface area contributed by atoms with Crippen LogP contribution in [-0.2, 0) is 4.79 Å². The second kappa shape index (κ2) is 5.42. The van der Waals surface area contributed by atoms with Gasteiger partial charge in [0.05, 0.1) is 0 Å². The number of aliphatic hydroxyl groups is 1. The van der Waals surface area contributed by atoms with Gasteiger partial charge in [-0.15, -0.1) is 0 Å². The quantitative estimate of drug-likeness (QED) is 0.592. The molecule has 0 aromatic rings. The van der Waals surface area contributed by atoms with E-state index in [1.54, 1.807) is 6.92 Å². The molecule has 0 amide bonds. The number of hydrogen-bond acceptors (Lipinski definition) is 2. The summed E-state index contributed by atoms with van der Waals surface area (Å²) in [5.74, 6) is 0.421. The highest BCUT2D eigenvalue weighted by molar-refractivity contribution is 5.77. The highest BCUT2D eigenvalue weighted by atomic mass is 16.2. The Bertz CT molecular complexity index is 99.4. The Hall–Kier alpha value is -0.370. The molecule has 0 saturated carbocycles. The third-order valence-electron chi connectivity index (χ3n) is 1.74. The van der Waals surface area contributed by atoms with Crippen molar-refractivity contribution in [2.45, 2.75) is 33.1 Å². The molecule has 10 heavy (non-hydrogen) atoms. The Morgan fingerprint density at radius 2 is 2.10 bits per heavy atom. The number of carbonyl (C=O) groups excluding carboxylic acids is 1. The molecule has 0 radical (unpaired) electrons. The minimum Gasteiger partial charge on any atom is -0.396 e. The van der Waals surface area contributed by atoms with Crippen LogP contribution in [0.5, 0.6) is 0 Å². The van der Waals surface area contributed by atoms with E-state index in [2.05, 4.69) is 0 Å². The molecule has 60 valence electrons. The molecule has 0 saturated heterocycles. The van der Waals surface area contributed by atoms with Gasteiger partial charge < -0.3 is 5.11 Å². The first-order valence-electron chi connectivity index (χ1n) is 3.79. The van der Waals surface area contributed by atoms with E-state index in [1.165, 1.54) is 0 Å². The smallest absolute Gasteiger partial charge is 0.132 e. The van der Waals surface area contributed by atoms with Crippen LogP contribution in [0.1, 0.15) is 33.1 Å². The average molecular weight is 144 g/mol. The van der Waals surface area contributed by atoms with Crippen molar-refractivity contribution in [3.05, 3.63) is 0 Å². The summed E-state index contributed by atoms with van der Waals surface area (Å²) in [6.07, 6.45) is 2.69. The van der Waals surface area contributed by atoms with Crippen LogP contribution in [0.15, 0.2) is 0 Å². The normalized spacial score (nSPS) is 13.1. The van der Waals surface area contributed by atoms with E-state index >= 15 is 0 Å². The van der Waals surface area contributed by atoms with Crippen LogP contribution in [0.25, 0.3) is 0 Å². The summed E-state index contributed by atoms with van der Waals surface area (Å²) in [6, 6.07) is 0. The fraction of sp³-hybridized carbons (Fsp3) is 0.875. The second-order valence-corrected chi connectivity index (χ2v) is 2.73. The molecule has 0 fully saturated rings. The summed E-state index contributed by atoms with van der Waals surface area (Å²) in [6.45, 7) is 3.79. The Morgan fingerprint density at radius 1 is 1.50 bits per heavy atom. The van der Waals surface area contributed by atoms with Crippen LogP contribution in [0.4, 0.5) is 0 Å². The van der Waals surface area contributed by atoms with E-state index in [4.69, 9.17) is 5.11 Å². The molecule has 1 unspecified atom stereocenters. The van der Waals surface area contributed by atoms with Crippen LogP contribution in [0.3, 0.4) is 0 Å². The number of carbonyl (C=O) groups is 1. The van der Waals surface area contributed by atoms with Crippen LogP contribution in [-0.4, -0.2) is 17.5 Å². The molecule has 1 atom stereocenters. The van der Waals surface area contributed by atoms with Gasteiger partial charge in [0.25, 0.3) is 0 Å². The number of Topliss-reactive ketones (excluding diaryl/α,β-unsaturated/α-hetero) is 1. The van der Waals surface area contributed by atoms with Crippen molar-refractivity contribution in [1.82, 2.24) is 0 Å². The topological polar surface area (TPSA) is 37.3 Å². The molecule has 0 aliphatic heterocycles. The fourth-order valence-electron chi connectivity index (χ4n) is 0.766. The van der Waals surface area contributed by atoms with Gasteiger partial charge in [-0.3, -0.25) is 4.79 Å². The maximum Gasteiger partial charge on any atom is 0.132 e. The van der Waals surface area contributed by atoms with Gasteiger partial charge in [-0.25, -0.2) is 0 Å². The zero-order valence-corrected chi connectivity index (χ0v) is 6.76. The molecule has 0 aromatic heterocycles. The molecule has 0 bridgehead atoms. The van der Waals surface area contributed by atoms with Gasteiger partial charge in [-0.05, 0) is 19.8 Å². The Balaban J connectivity index is 3.21. The molecule has 2 heteroatoms. The summed E-state index contributed by atoms with van der Waals surface area (Å²) in [5, 5.41) is 8.43. The van der Waals surface area contributed by atoms with Crippen LogP contribution >= 0.6 is 0 Å². The van der Waals surface area contributed by atoms with Crippen molar-refractivity contribution in [3.8, 4) is 0 Å². The van der Waals surface area contributed by atoms with Crippen molar-refractivity contribution in [2.24, 2.45) is 5.92 Å². The van der Waals surface area contributed by atoms with Gasteiger partial charge in [0, 0.05) is 12.5 Å². The van der Waals surface area contributed by atoms with Gasteiger partial charge in [0.15, 0.2) is 0 Å². The van der Waals surface area contributed by atoms with Gasteiger partial charge in [-0.2, -0.15) is 0 Å². The van der Waals surface area contributed by atoms with Crippen molar-refractivity contribution < 1.29 is 9.90 Å². The third kappa shape index (κ3) is 4.50. The zero-order chi connectivity index (χ0) is 7.98. The number of hydrogen-bond donors (Lipinski definition) is 1. The highest BCUT2D eigenvalue weighted by Crippen LogP contribution is 2.07. The summed E-state index contributed by atoms with van der Waals surface area (Å²) in [5.41, 5.74) is 0. The summed E-state index contributed by atoms with van der Waals surface area (Å²) >= 11 is 0. The lowest BCUT2D eigenvalue weighted by atomic mass is 10.0. The standard InChI is InChI=1S/C8H16O2/c1-7(8(2)10)5-3-4-6-9/h7,9H,3-6H2,1-2H3. The number of ketones is 1. The monoisotopic (exact) mass is 144 g/mol. The van der Waals surface area contributed by atoms with E-state index in [0.717, 1.165) is 19.3 Å². The van der Waals surface area contributed by atoms with E-state index < -0.39 is 0 Å². The summed E-state index contributed by atoms with van der Waals surface area (Å²) in [4.78, 5) is 10.7. The summed E-state index contributed by atoms with van der Waals surface area (Å²) in [7, 11) is 0. The van der Waals surface area contributed by atoms with E-state index in [0.29, 0.717) is 0 Å². The van der Waals surface area contributed by atoms with Crippen molar-refractivity contribution in [2.75, 3.05) is 6.61 Å². The van der Waals surface area contributed by atoms with E-state index in [1.807, 2.05) is 6.92 Å². The van der Waals surface area contributed by atoms with Crippen molar-refractivity contribution >= 4 is 5.78 Å². The SMILES string of the molecule is CC(=O)C(C)CCCCO. The van der Waals surface area contributed by atoms with Crippen LogP contribution < -0.4 is 0 Å². The summed E-state index contributed by atoms with van der Waals surface area (Å²) < 4.78 is 0. The fourth-order valence-corrected chi connectivity index (χ4v) is 0.766. The molecule has 0 aromatic carbocycles. The minimum atomic E-state index is 0.173. The molecular formula is C8H16O2. The minimum absolute atomic E-state index is 0.173. The molecule has 0 rings (SSSR count). The molecule has 2 nitrogen and oxygen atoms in total. The first kappa shape index (κ1) is 9.63. The van der Waals surface area contributed by atoms with E-state index in [-0.39, 0.29) is 18.3 Å². The number of unbranched alkanes of at least 4 members (excludes halogenated alkanes) is 1. The first-order valence-corrected chi connectivity index (χ1v) is 3.79. The average Bonchev–Trinajstić information content (AvgIpc) is 1.88. The predicted octanol–water partition coefficient (Wildman–Crippen LogP) is 1.37.